The Morgan fingerprint density at radius 2 is 1.74 bits per heavy atom. The van der Waals surface area contributed by atoms with Crippen molar-refractivity contribution >= 4 is 29.1 Å². The van der Waals surface area contributed by atoms with Crippen LogP contribution in [0, 0.1) is 0 Å². The van der Waals surface area contributed by atoms with Crippen LogP contribution in [0.5, 0.6) is 0 Å². The number of amides is 2. The number of carbonyl (C=O) groups is 2. The number of hydrogen-bond acceptors (Lipinski definition) is 2. The molecule has 0 heterocycles. The standard InChI is InChI=1S/C17H18ClN3O2/c1-11(12-2-6-14(18)7-3-12)20-10-16(22)21-15-8-4-13(5-9-15)17(19)23/h2-9,11,20H,10H2,1H3,(H2,19,23)(H,21,22)/p+1/t11-/m1/s1. The van der Waals surface area contributed by atoms with E-state index in [4.69, 9.17) is 17.3 Å². The van der Waals surface area contributed by atoms with Gasteiger partial charge in [0.05, 0.1) is 0 Å². The predicted octanol–water partition coefficient (Wildman–Crippen LogP) is 1.70. The molecular weight excluding hydrogens is 314 g/mol. The van der Waals surface area contributed by atoms with Crippen molar-refractivity contribution < 1.29 is 14.9 Å². The summed E-state index contributed by atoms with van der Waals surface area (Å²) in [7, 11) is 0. The molecule has 6 heteroatoms. The second-order valence-corrected chi connectivity index (χ2v) is 5.71. The number of hydrogen-bond donors (Lipinski definition) is 3. The number of benzene rings is 2. The summed E-state index contributed by atoms with van der Waals surface area (Å²) < 4.78 is 0. The molecule has 2 aromatic rings. The first-order chi connectivity index (χ1) is 11.0. The molecule has 5 nitrogen and oxygen atoms in total. The molecule has 0 aliphatic rings. The van der Waals surface area contributed by atoms with Crippen molar-refractivity contribution in [3.8, 4) is 0 Å². The third-order valence-corrected chi connectivity index (χ3v) is 3.76. The van der Waals surface area contributed by atoms with Crippen molar-refractivity contribution in [1.29, 1.82) is 0 Å². The molecule has 0 fully saturated rings. The second-order valence-electron chi connectivity index (χ2n) is 5.27. The van der Waals surface area contributed by atoms with Crippen LogP contribution in [-0.4, -0.2) is 18.4 Å². The van der Waals surface area contributed by atoms with E-state index >= 15 is 0 Å². The third kappa shape index (κ3) is 5.09. The lowest BCUT2D eigenvalue weighted by atomic mass is 10.1. The van der Waals surface area contributed by atoms with E-state index in [0.717, 1.165) is 5.56 Å². The van der Waals surface area contributed by atoms with Crippen LogP contribution < -0.4 is 16.4 Å². The number of halogens is 1. The highest BCUT2D eigenvalue weighted by Crippen LogP contribution is 2.13. The number of primary amides is 1. The minimum Gasteiger partial charge on any atom is -0.366 e. The molecular formula is C17H19ClN3O2+. The zero-order valence-electron chi connectivity index (χ0n) is 12.8. The van der Waals surface area contributed by atoms with Crippen molar-refractivity contribution in [2.24, 2.45) is 5.73 Å². The van der Waals surface area contributed by atoms with Crippen molar-refractivity contribution in [3.63, 3.8) is 0 Å². The van der Waals surface area contributed by atoms with Crippen LogP contribution in [0.1, 0.15) is 28.9 Å². The Hall–Kier alpha value is -2.37. The molecule has 0 unspecified atom stereocenters. The minimum absolute atomic E-state index is 0.113. The topological polar surface area (TPSA) is 88.8 Å². The Labute approximate surface area is 139 Å². The highest BCUT2D eigenvalue weighted by molar-refractivity contribution is 6.30. The fourth-order valence-electron chi connectivity index (χ4n) is 2.12. The van der Waals surface area contributed by atoms with Gasteiger partial charge in [-0.1, -0.05) is 23.7 Å². The van der Waals surface area contributed by atoms with Crippen LogP contribution >= 0.6 is 11.6 Å². The quantitative estimate of drug-likeness (QED) is 0.751. The molecule has 5 N–H and O–H groups in total. The van der Waals surface area contributed by atoms with Gasteiger partial charge in [0, 0.05) is 21.8 Å². The summed E-state index contributed by atoms with van der Waals surface area (Å²) >= 11 is 5.86. The van der Waals surface area contributed by atoms with Gasteiger partial charge >= 0.3 is 0 Å². The van der Waals surface area contributed by atoms with Gasteiger partial charge in [0.1, 0.15) is 6.04 Å². The summed E-state index contributed by atoms with van der Waals surface area (Å²) in [5, 5.41) is 5.41. The molecule has 0 spiro atoms. The lowest BCUT2D eigenvalue weighted by Crippen LogP contribution is -2.86. The SMILES string of the molecule is C[C@@H]([NH2+]CC(=O)Nc1ccc(C(N)=O)cc1)c1ccc(Cl)cc1. The van der Waals surface area contributed by atoms with E-state index in [9.17, 15) is 9.59 Å². The molecule has 0 bridgehead atoms. The van der Waals surface area contributed by atoms with E-state index in [1.165, 1.54) is 0 Å². The van der Waals surface area contributed by atoms with Crippen LogP contribution in [-0.2, 0) is 4.79 Å². The van der Waals surface area contributed by atoms with Gasteiger partial charge in [-0.3, -0.25) is 9.59 Å². The normalized spacial score (nSPS) is 11.7. The van der Waals surface area contributed by atoms with Gasteiger partial charge < -0.3 is 16.4 Å². The third-order valence-electron chi connectivity index (χ3n) is 3.51. The van der Waals surface area contributed by atoms with Gasteiger partial charge in [-0.25, -0.2) is 0 Å². The molecule has 0 aromatic heterocycles. The molecule has 0 saturated carbocycles. The van der Waals surface area contributed by atoms with Gasteiger partial charge in [-0.15, -0.1) is 0 Å². The number of nitrogens with one attached hydrogen (secondary N) is 1. The van der Waals surface area contributed by atoms with E-state index in [0.29, 0.717) is 22.8 Å². The zero-order valence-corrected chi connectivity index (χ0v) is 13.5. The first-order valence-corrected chi connectivity index (χ1v) is 7.62. The van der Waals surface area contributed by atoms with E-state index in [-0.39, 0.29) is 11.9 Å². The summed E-state index contributed by atoms with van der Waals surface area (Å²) in [5.74, 6) is -0.606. The van der Waals surface area contributed by atoms with Crippen LogP contribution in [0.2, 0.25) is 5.02 Å². The highest BCUT2D eigenvalue weighted by Gasteiger charge is 2.11. The van der Waals surface area contributed by atoms with E-state index in [1.54, 1.807) is 24.3 Å². The Kier molecular flexibility index (Phi) is 5.73. The first kappa shape index (κ1) is 17.0. The van der Waals surface area contributed by atoms with Gasteiger partial charge in [0.15, 0.2) is 6.54 Å². The van der Waals surface area contributed by atoms with Crippen LogP contribution in [0.25, 0.3) is 0 Å². The summed E-state index contributed by atoms with van der Waals surface area (Å²) in [6.45, 7) is 2.32. The Bertz CT molecular complexity index is 684. The van der Waals surface area contributed by atoms with Crippen LogP contribution in [0.15, 0.2) is 48.5 Å². The molecule has 2 amide bonds. The van der Waals surface area contributed by atoms with Crippen molar-refractivity contribution in [2.45, 2.75) is 13.0 Å². The maximum Gasteiger partial charge on any atom is 0.279 e. The van der Waals surface area contributed by atoms with Crippen molar-refractivity contribution in [2.75, 3.05) is 11.9 Å². The average molecular weight is 333 g/mol. The summed E-state index contributed by atoms with van der Waals surface area (Å²) in [4.78, 5) is 23.0. The molecule has 23 heavy (non-hydrogen) atoms. The second kappa shape index (κ2) is 7.76. The van der Waals surface area contributed by atoms with Crippen LogP contribution in [0.4, 0.5) is 5.69 Å². The van der Waals surface area contributed by atoms with E-state index < -0.39 is 5.91 Å². The predicted molar refractivity (Wildman–Crippen MR) is 90.2 cm³/mol. The largest absolute Gasteiger partial charge is 0.366 e. The van der Waals surface area contributed by atoms with Crippen molar-refractivity contribution in [1.82, 2.24) is 0 Å². The molecule has 0 aliphatic carbocycles. The molecule has 120 valence electrons. The lowest BCUT2D eigenvalue weighted by Gasteiger charge is -2.11. The Morgan fingerprint density at radius 1 is 1.13 bits per heavy atom. The Balaban J connectivity index is 1.84. The highest BCUT2D eigenvalue weighted by atomic mass is 35.5. The molecule has 0 radical (unpaired) electrons. The summed E-state index contributed by atoms with van der Waals surface area (Å²) in [6, 6.07) is 14.2. The van der Waals surface area contributed by atoms with E-state index in [2.05, 4.69) is 5.32 Å². The maximum atomic E-state index is 12.0. The maximum absolute atomic E-state index is 12.0. The van der Waals surface area contributed by atoms with Crippen molar-refractivity contribution in [3.05, 3.63) is 64.7 Å². The number of nitrogens with two attached hydrogens (primary N) is 2. The zero-order chi connectivity index (χ0) is 16.8. The Morgan fingerprint density at radius 3 is 2.30 bits per heavy atom. The number of carbonyl (C=O) groups excluding carboxylic acids is 2. The minimum atomic E-state index is -0.493. The number of rotatable bonds is 6. The van der Waals surface area contributed by atoms with E-state index in [1.807, 2.05) is 36.5 Å². The monoisotopic (exact) mass is 332 g/mol. The number of anilines is 1. The first-order valence-electron chi connectivity index (χ1n) is 7.24. The molecule has 2 aromatic carbocycles. The summed E-state index contributed by atoms with van der Waals surface area (Å²) in [5.41, 5.74) is 7.32. The van der Waals surface area contributed by atoms with Gasteiger partial charge in [0.2, 0.25) is 5.91 Å². The summed E-state index contributed by atoms with van der Waals surface area (Å²) in [6.07, 6.45) is 0. The van der Waals surface area contributed by atoms with Gasteiger partial charge in [-0.05, 0) is 43.3 Å². The lowest BCUT2D eigenvalue weighted by molar-refractivity contribution is -0.682. The molecule has 0 saturated heterocycles. The number of quaternary nitrogens is 1. The molecule has 2 rings (SSSR count). The molecule has 0 aliphatic heterocycles. The smallest absolute Gasteiger partial charge is 0.279 e. The van der Waals surface area contributed by atoms with Gasteiger partial charge in [0.25, 0.3) is 5.91 Å². The fourth-order valence-corrected chi connectivity index (χ4v) is 2.24. The molecule has 1 atom stereocenters. The van der Waals surface area contributed by atoms with Gasteiger partial charge in [-0.2, -0.15) is 0 Å². The average Bonchev–Trinajstić information content (AvgIpc) is 2.54. The van der Waals surface area contributed by atoms with Crippen LogP contribution in [0.3, 0.4) is 0 Å². The fraction of sp³-hybridized carbons (Fsp3) is 0.176.